The van der Waals surface area contributed by atoms with Crippen LogP contribution in [0, 0.1) is 11.3 Å². The zero-order valence-corrected chi connectivity index (χ0v) is 9.15. The van der Waals surface area contributed by atoms with Crippen molar-refractivity contribution in [3.63, 3.8) is 0 Å². The Balaban J connectivity index is 2.21. The molecule has 2 rings (SSSR count). The van der Waals surface area contributed by atoms with Crippen LogP contribution in [0.1, 0.15) is 26.2 Å². The second-order valence-electron chi connectivity index (χ2n) is 4.33. The third kappa shape index (κ3) is 1.56. The average Bonchev–Trinajstić information content (AvgIpc) is 2.15. The number of nitrogens with one attached hydrogen (secondary N) is 1. The first-order chi connectivity index (χ1) is 6.64. The summed E-state index contributed by atoms with van der Waals surface area (Å²) < 4.78 is 0. The van der Waals surface area contributed by atoms with Crippen LogP contribution < -0.4 is 5.32 Å². The van der Waals surface area contributed by atoms with Crippen molar-refractivity contribution < 1.29 is 9.59 Å². The van der Waals surface area contributed by atoms with Gasteiger partial charge in [-0.15, -0.1) is 0 Å². The molecule has 14 heavy (non-hydrogen) atoms. The van der Waals surface area contributed by atoms with E-state index in [4.69, 9.17) is 0 Å². The maximum atomic E-state index is 11.5. The van der Waals surface area contributed by atoms with Crippen molar-refractivity contribution in [1.82, 2.24) is 5.32 Å². The molecule has 0 aromatic rings. The number of rotatable bonds is 0. The first kappa shape index (κ1) is 10.0. The zero-order chi connectivity index (χ0) is 10.2. The molecular formula is C10H15NO2S. The molecule has 2 unspecified atom stereocenters. The van der Waals surface area contributed by atoms with Gasteiger partial charge in [-0.3, -0.25) is 14.9 Å². The molecule has 0 aromatic heterocycles. The molecule has 1 spiro atoms. The van der Waals surface area contributed by atoms with Gasteiger partial charge in [0, 0.05) is 18.1 Å². The summed E-state index contributed by atoms with van der Waals surface area (Å²) in [5.41, 5.74) is -0.0394. The van der Waals surface area contributed by atoms with Crippen LogP contribution in [0.5, 0.6) is 0 Å². The van der Waals surface area contributed by atoms with Gasteiger partial charge in [-0.1, -0.05) is 6.92 Å². The maximum Gasteiger partial charge on any atom is 0.229 e. The smallest absolute Gasteiger partial charge is 0.229 e. The number of imide groups is 1. The number of carbonyl (C=O) groups excluding carboxylic acids is 2. The molecule has 0 aromatic carbocycles. The Bertz CT molecular complexity index is 271. The summed E-state index contributed by atoms with van der Waals surface area (Å²) in [4.78, 5) is 22.9. The number of carbonyl (C=O) groups is 2. The van der Waals surface area contributed by atoms with Crippen molar-refractivity contribution in [3.8, 4) is 0 Å². The Labute approximate surface area is 88.0 Å². The Kier molecular flexibility index (Phi) is 2.56. The lowest BCUT2D eigenvalue weighted by molar-refractivity contribution is -0.142. The second-order valence-corrected chi connectivity index (χ2v) is 5.43. The first-order valence-electron chi connectivity index (χ1n) is 5.05. The molecule has 2 amide bonds. The number of hydrogen-bond acceptors (Lipinski definition) is 3. The highest BCUT2D eigenvalue weighted by atomic mass is 32.2. The lowest BCUT2D eigenvalue weighted by Crippen LogP contribution is -2.53. The molecule has 0 aliphatic carbocycles. The van der Waals surface area contributed by atoms with Crippen molar-refractivity contribution in [3.05, 3.63) is 0 Å². The predicted molar refractivity (Wildman–Crippen MR) is 55.9 cm³/mol. The van der Waals surface area contributed by atoms with E-state index in [1.807, 2.05) is 18.7 Å². The predicted octanol–water partition coefficient (Wildman–Crippen LogP) is 1.18. The van der Waals surface area contributed by atoms with E-state index >= 15 is 0 Å². The lowest BCUT2D eigenvalue weighted by Gasteiger charge is -2.43. The maximum absolute atomic E-state index is 11.5. The van der Waals surface area contributed by atoms with Crippen LogP contribution in [0.2, 0.25) is 0 Å². The summed E-state index contributed by atoms with van der Waals surface area (Å²) in [5.74, 6) is 1.96. The van der Waals surface area contributed by atoms with E-state index < -0.39 is 0 Å². The third-order valence-electron chi connectivity index (χ3n) is 3.44. The third-order valence-corrected chi connectivity index (χ3v) is 4.80. The van der Waals surface area contributed by atoms with E-state index in [2.05, 4.69) is 5.32 Å². The summed E-state index contributed by atoms with van der Waals surface area (Å²) in [5, 5.41) is 2.41. The number of hydrogen-bond donors (Lipinski definition) is 1. The average molecular weight is 213 g/mol. The van der Waals surface area contributed by atoms with E-state index in [0.717, 1.165) is 18.6 Å². The molecule has 3 nitrogen and oxygen atoms in total. The molecule has 2 aliphatic rings. The van der Waals surface area contributed by atoms with Crippen LogP contribution in [-0.4, -0.2) is 23.3 Å². The summed E-state index contributed by atoms with van der Waals surface area (Å²) in [6, 6.07) is 0. The number of amides is 2. The van der Waals surface area contributed by atoms with Gasteiger partial charge in [0.05, 0.1) is 0 Å². The SMILES string of the molecule is CC1C(=O)NC(=O)CC12CCCSC2. The highest BCUT2D eigenvalue weighted by Crippen LogP contribution is 2.45. The molecule has 1 N–H and O–H groups in total. The molecule has 2 heterocycles. The van der Waals surface area contributed by atoms with Gasteiger partial charge in [-0.25, -0.2) is 0 Å². The lowest BCUT2D eigenvalue weighted by atomic mass is 9.69. The minimum absolute atomic E-state index is 0.00648. The molecule has 2 saturated heterocycles. The minimum atomic E-state index is -0.0874. The van der Waals surface area contributed by atoms with E-state index in [0.29, 0.717) is 6.42 Å². The minimum Gasteiger partial charge on any atom is -0.296 e. The highest BCUT2D eigenvalue weighted by Gasteiger charge is 2.46. The van der Waals surface area contributed by atoms with Gasteiger partial charge >= 0.3 is 0 Å². The van der Waals surface area contributed by atoms with Crippen molar-refractivity contribution in [1.29, 1.82) is 0 Å². The Morgan fingerprint density at radius 1 is 1.50 bits per heavy atom. The number of thioether (sulfide) groups is 1. The molecule has 2 atom stereocenters. The van der Waals surface area contributed by atoms with Crippen molar-refractivity contribution in [2.45, 2.75) is 26.2 Å². The van der Waals surface area contributed by atoms with Crippen LogP contribution in [0.3, 0.4) is 0 Å². The molecule has 0 radical (unpaired) electrons. The monoisotopic (exact) mass is 213 g/mol. The van der Waals surface area contributed by atoms with Crippen LogP contribution in [-0.2, 0) is 9.59 Å². The molecular weight excluding hydrogens is 198 g/mol. The molecule has 0 saturated carbocycles. The molecule has 2 fully saturated rings. The van der Waals surface area contributed by atoms with Crippen LogP contribution >= 0.6 is 11.8 Å². The zero-order valence-electron chi connectivity index (χ0n) is 8.34. The normalized spacial score (nSPS) is 38.5. The van der Waals surface area contributed by atoms with Crippen LogP contribution in [0.15, 0.2) is 0 Å². The molecule has 0 bridgehead atoms. The van der Waals surface area contributed by atoms with Gasteiger partial charge in [0.15, 0.2) is 0 Å². The quantitative estimate of drug-likeness (QED) is 0.615. The summed E-state index contributed by atoms with van der Waals surface area (Å²) in [6.07, 6.45) is 2.70. The van der Waals surface area contributed by atoms with Crippen molar-refractivity contribution in [2.75, 3.05) is 11.5 Å². The fourth-order valence-corrected chi connectivity index (χ4v) is 3.79. The van der Waals surface area contributed by atoms with Gasteiger partial charge in [0.25, 0.3) is 0 Å². The van der Waals surface area contributed by atoms with Crippen LogP contribution in [0.25, 0.3) is 0 Å². The Hall–Kier alpha value is -0.510. The summed E-state index contributed by atoms with van der Waals surface area (Å²) in [7, 11) is 0. The largest absolute Gasteiger partial charge is 0.296 e. The van der Waals surface area contributed by atoms with Gasteiger partial charge in [0.2, 0.25) is 11.8 Å². The van der Waals surface area contributed by atoms with Crippen molar-refractivity contribution in [2.24, 2.45) is 11.3 Å². The Morgan fingerprint density at radius 2 is 2.29 bits per heavy atom. The van der Waals surface area contributed by atoms with Crippen LogP contribution in [0.4, 0.5) is 0 Å². The standard InChI is InChI=1S/C10H15NO2S/c1-7-9(13)11-8(12)5-10(7)3-2-4-14-6-10/h7H,2-6H2,1H3,(H,11,12,13). The highest BCUT2D eigenvalue weighted by molar-refractivity contribution is 7.99. The summed E-state index contributed by atoms with van der Waals surface area (Å²) >= 11 is 1.88. The second kappa shape index (κ2) is 3.57. The fourth-order valence-electron chi connectivity index (χ4n) is 2.40. The summed E-state index contributed by atoms with van der Waals surface area (Å²) in [6.45, 7) is 1.95. The molecule has 4 heteroatoms. The molecule has 2 aliphatic heterocycles. The number of piperidine rings is 1. The fraction of sp³-hybridized carbons (Fsp3) is 0.800. The van der Waals surface area contributed by atoms with Gasteiger partial charge < -0.3 is 0 Å². The van der Waals surface area contributed by atoms with E-state index in [1.165, 1.54) is 5.75 Å². The Morgan fingerprint density at radius 3 is 2.93 bits per heavy atom. The van der Waals surface area contributed by atoms with Gasteiger partial charge in [-0.05, 0) is 24.0 Å². The van der Waals surface area contributed by atoms with E-state index in [-0.39, 0.29) is 23.1 Å². The van der Waals surface area contributed by atoms with Crippen molar-refractivity contribution >= 4 is 23.6 Å². The topological polar surface area (TPSA) is 46.2 Å². The van der Waals surface area contributed by atoms with Gasteiger partial charge in [0.1, 0.15) is 0 Å². The first-order valence-corrected chi connectivity index (χ1v) is 6.21. The van der Waals surface area contributed by atoms with E-state index in [1.54, 1.807) is 0 Å². The van der Waals surface area contributed by atoms with Gasteiger partial charge in [-0.2, -0.15) is 11.8 Å². The molecule has 78 valence electrons. The van der Waals surface area contributed by atoms with E-state index in [9.17, 15) is 9.59 Å².